The fourth-order valence-corrected chi connectivity index (χ4v) is 3.75. The largest absolute Gasteiger partial charge is 0.384 e. The van der Waals surface area contributed by atoms with Crippen molar-refractivity contribution in [3.05, 3.63) is 48.0 Å². The zero-order valence-electron chi connectivity index (χ0n) is 18.5. The number of hydrogen-bond donors (Lipinski definition) is 3. The maximum Gasteiger partial charge on any atom is 0.243 e. The first-order chi connectivity index (χ1) is 13.9. The molecule has 0 aliphatic carbocycles. The first kappa shape index (κ1) is 23.7. The summed E-state index contributed by atoms with van der Waals surface area (Å²) in [5, 5.41) is 9.08. The van der Waals surface area contributed by atoms with E-state index in [-0.39, 0.29) is 22.8 Å². The molecule has 0 aromatic heterocycles. The second kappa shape index (κ2) is 9.49. The average Bonchev–Trinajstić information content (AvgIpc) is 2.67. The van der Waals surface area contributed by atoms with Gasteiger partial charge in [-0.05, 0) is 48.2 Å². The fourth-order valence-electron chi connectivity index (χ4n) is 2.82. The van der Waals surface area contributed by atoms with Crippen molar-refractivity contribution in [2.45, 2.75) is 38.0 Å². The third-order valence-corrected chi connectivity index (χ3v) is 6.42. The summed E-state index contributed by atoms with van der Waals surface area (Å²) in [4.78, 5) is 12.6. The van der Waals surface area contributed by atoms with Gasteiger partial charge in [0.25, 0.3) is 0 Å². The zero-order chi connectivity index (χ0) is 22.5. The highest BCUT2D eigenvalue weighted by atomic mass is 32.2. The Balaban J connectivity index is 2.12. The Bertz CT molecular complexity index is 978. The van der Waals surface area contributed by atoms with E-state index in [1.165, 1.54) is 19.7 Å². The van der Waals surface area contributed by atoms with Crippen LogP contribution in [0.4, 0.5) is 17.1 Å². The smallest absolute Gasteiger partial charge is 0.243 e. The van der Waals surface area contributed by atoms with Crippen molar-refractivity contribution in [2.75, 3.05) is 43.1 Å². The minimum absolute atomic E-state index is 0.00484. The van der Waals surface area contributed by atoms with Crippen molar-refractivity contribution < 1.29 is 13.2 Å². The molecular formula is C22H32N4O3S. The molecule has 0 atom stereocenters. The van der Waals surface area contributed by atoms with Gasteiger partial charge in [0.05, 0.1) is 22.8 Å². The van der Waals surface area contributed by atoms with E-state index in [0.29, 0.717) is 17.9 Å². The summed E-state index contributed by atoms with van der Waals surface area (Å²) in [6.07, 6.45) is 0. The van der Waals surface area contributed by atoms with Crippen molar-refractivity contribution in [1.29, 1.82) is 0 Å². The Kier molecular flexibility index (Phi) is 7.49. The predicted molar refractivity (Wildman–Crippen MR) is 124 cm³/mol. The summed E-state index contributed by atoms with van der Waals surface area (Å²) in [6, 6.07) is 12.6. The number of anilines is 3. The first-order valence-electron chi connectivity index (χ1n) is 9.90. The maximum atomic E-state index is 12.4. The van der Waals surface area contributed by atoms with Crippen LogP contribution in [0.2, 0.25) is 0 Å². The molecule has 0 heterocycles. The Labute approximate surface area is 179 Å². The number of benzene rings is 2. The van der Waals surface area contributed by atoms with Gasteiger partial charge in [-0.1, -0.05) is 32.9 Å². The SMILES string of the molecule is CCNc1ccc(S(=O)(=O)N(C)C)cc1NCC(=O)Nc1ccc(C(C)(C)C)cc1. The monoisotopic (exact) mass is 432 g/mol. The molecule has 2 aromatic carbocycles. The van der Waals surface area contributed by atoms with E-state index in [1.54, 1.807) is 18.2 Å². The molecule has 2 rings (SSSR count). The zero-order valence-corrected chi connectivity index (χ0v) is 19.4. The van der Waals surface area contributed by atoms with Crippen LogP contribution in [0.25, 0.3) is 0 Å². The predicted octanol–water partition coefficient (Wildman–Crippen LogP) is 3.72. The lowest BCUT2D eigenvalue weighted by atomic mass is 9.87. The van der Waals surface area contributed by atoms with Gasteiger partial charge in [-0.25, -0.2) is 12.7 Å². The van der Waals surface area contributed by atoms with Crippen LogP contribution in [0, 0.1) is 0 Å². The van der Waals surface area contributed by atoms with Crippen LogP contribution in [0.3, 0.4) is 0 Å². The summed E-state index contributed by atoms with van der Waals surface area (Å²) in [6.45, 7) is 9.03. The van der Waals surface area contributed by atoms with Gasteiger partial charge < -0.3 is 16.0 Å². The molecule has 8 heteroatoms. The molecule has 30 heavy (non-hydrogen) atoms. The second-order valence-corrected chi connectivity index (χ2v) is 10.4. The van der Waals surface area contributed by atoms with Crippen LogP contribution in [-0.2, 0) is 20.2 Å². The third-order valence-electron chi connectivity index (χ3n) is 4.61. The molecule has 164 valence electrons. The van der Waals surface area contributed by atoms with E-state index in [9.17, 15) is 13.2 Å². The molecule has 3 N–H and O–H groups in total. The summed E-state index contributed by atoms with van der Waals surface area (Å²) in [7, 11) is -0.599. The molecule has 0 spiro atoms. The minimum Gasteiger partial charge on any atom is -0.384 e. The number of carbonyl (C=O) groups is 1. The molecule has 0 aliphatic heterocycles. The number of nitrogens with one attached hydrogen (secondary N) is 3. The Hall–Kier alpha value is -2.58. The first-order valence-corrected chi connectivity index (χ1v) is 11.3. The summed E-state index contributed by atoms with van der Waals surface area (Å²) in [5.41, 5.74) is 3.24. The molecule has 7 nitrogen and oxygen atoms in total. The number of amides is 1. The van der Waals surface area contributed by atoms with E-state index < -0.39 is 10.0 Å². The third kappa shape index (κ3) is 5.96. The van der Waals surface area contributed by atoms with E-state index in [0.717, 1.165) is 9.99 Å². The molecule has 2 aromatic rings. The normalized spacial score (nSPS) is 12.0. The molecule has 0 saturated heterocycles. The Morgan fingerprint density at radius 3 is 2.13 bits per heavy atom. The summed E-state index contributed by atoms with van der Waals surface area (Å²) >= 11 is 0. The van der Waals surface area contributed by atoms with Gasteiger partial charge in [-0.3, -0.25) is 4.79 Å². The summed E-state index contributed by atoms with van der Waals surface area (Å²) in [5.74, 6) is -0.221. The van der Waals surface area contributed by atoms with Crippen LogP contribution in [0.15, 0.2) is 47.4 Å². The van der Waals surface area contributed by atoms with E-state index in [2.05, 4.69) is 36.7 Å². The molecule has 0 bridgehead atoms. The van der Waals surface area contributed by atoms with Gasteiger partial charge in [-0.15, -0.1) is 0 Å². The van der Waals surface area contributed by atoms with Crippen LogP contribution in [0.1, 0.15) is 33.3 Å². The van der Waals surface area contributed by atoms with Gasteiger partial charge in [0.1, 0.15) is 0 Å². The highest BCUT2D eigenvalue weighted by Gasteiger charge is 2.19. The number of rotatable bonds is 8. The minimum atomic E-state index is -3.57. The van der Waals surface area contributed by atoms with Crippen LogP contribution in [-0.4, -0.2) is 45.8 Å². The van der Waals surface area contributed by atoms with E-state index >= 15 is 0 Å². The van der Waals surface area contributed by atoms with Crippen molar-refractivity contribution in [3.8, 4) is 0 Å². The lowest BCUT2D eigenvalue weighted by Crippen LogP contribution is -2.24. The van der Waals surface area contributed by atoms with Crippen molar-refractivity contribution >= 4 is 33.0 Å². The number of sulfonamides is 1. The van der Waals surface area contributed by atoms with Crippen molar-refractivity contribution in [3.63, 3.8) is 0 Å². The summed E-state index contributed by atoms with van der Waals surface area (Å²) < 4.78 is 26.0. The maximum absolute atomic E-state index is 12.4. The fraction of sp³-hybridized carbons (Fsp3) is 0.409. The highest BCUT2D eigenvalue weighted by molar-refractivity contribution is 7.89. The standard InChI is InChI=1S/C22H32N4O3S/c1-7-23-19-13-12-18(30(28,29)26(5)6)14-20(19)24-15-21(27)25-17-10-8-16(9-11-17)22(2,3)4/h8-14,23-24H,7,15H2,1-6H3,(H,25,27). The second-order valence-electron chi connectivity index (χ2n) is 8.25. The van der Waals surface area contributed by atoms with Crippen LogP contribution in [0.5, 0.6) is 0 Å². The van der Waals surface area contributed by atoms with Gasteiger partial charge in [0.15, 0.2) is 0 Å². The number of hydrogen-bond acceptors (Lipinski definition) is 5. The van der Waals surface area contributed by atoms with Gasteiger partial charge in [-0.2, -0.15) is 0 Å². The highest BCUT2D eigenvalue weighted by Crippen LogP contribution is 2.27. The molecule has 0 saturated carbocycles. The molecule has 0 fully saturated rings. The number of carbonyl (C=O) groups excluding carboxylic acids is 1. The molecular weight excluding hydrogens is 400 g/mol. The van der Waals surface area contributed by atoms with Crippen LogP contribution < -0.4 is 16.0 Å². The van der Waals surface area contributed by atoms with Crippen molar-refractivity contribution in [2.24, 2.45) is 0 Å². The van der Waals surface area contributed by atoms with Gasteiger partial charge in [0.2, 0.25) is 15.9 Å². The lowest BCUT2D eigenvalue weighted by molar-refractivity contribution is -0.114. The van der Waals surface area contributed by atoms with E-state index in [1.807, 2.05) is 31.2 Å². The van der Waals surface area contributed by atoms with Gasteiger partial charge in [0, 0.05) is 26.3 Å². The van der Waals surface area contributed by atoms with Gasteiger partial charge >= 0.3 is 0 Å². The lowest BCUT2D eigenvalue weighted by Gasteiger charge is -2.19. The molecule has 0 unspecified atom stereocenters. The molecule has 0 aliphatic rings. The Morgan fingerprint density at radius 2 is 1.60 bits per heavy atom. The molecule has 0 radical (unpaired) electrons. The molecule has 1 amide bonds. The van der Waals surface area contributed by atoms with Crippen molar-refractivity contribution in [1.82, 2.24) is 4.31 Å². The number of nitrogens with zero attached hydrogens (tertiary/aromatic N) is 1. The Morgan fingerprint density at radius 1 is 0.967 bits per heavy atom. The van der Waals surface area contributed by atoms with Crippen LogP contribution >= 0.6 is 0 Å². The van der Waals surface area contributed by atoms with E-state index in [4.69, 9.17) is 0 Å². The average molecular weight is 433 g/mol. The quantitative estimate of drug-likeness (QED) is 0.591. The topological polar surface area (TPSA) is 90.5 Å².